The van der Waals surface area contributed by atoms with Gasteiger partial charge < -0.3 is 24.6 Å². The minimum atomic E-state index is -0.217. The summed E-state index contributed by atoms with van der Waals surface area (Å²) in [5.74, 6) is 1.49. The zero-order valence-corrected chi connectivity index (χ0v) is 18.7. The van der Waals surface area contributed by atoms with Crippen molar-refractivity contribution in [2.75, 3.05) is 50.6 Å². The molecule has 166 valence electrons. The van der Waals surface area contributed by atoms with Crippen LogP contribution < -0.4 is 19.7 Å². The first kappa shape index (κ1) is 22.5. The van der Waals surface area contributed by atoms with E-state index in [1.807, 2.05) is 29.2 Å². The molecule has 1 saturated heterocycles. The molecule has 7 heteroatoms. The van der Waals surface area contributed by atoms with Crippen LogP contribution in [0, 0.1) is 5.92 Å². The van der Waals surface area contributed by atoms with Crippen molar-refractivity contribution in [2.24, 2.45) is 5.92 Å². The summed E-state index contributed by atoms with van der Waals surface area (Å²) < 4.78 is 10.5. The molecule has 0 atom stereocenters. The summed E-state index contributed by atoms with van der Waals surface area (Å²) in [4.78, 5) is 29.0. The van der Waals surface area contributed by atoms with Crippen LogP contribution in [-0.4, -0.2) is 57.1 Å². The second-order valence-corrected chi connectivity index (χ2v) is 8.04. The van der Waals surface area contributed by atoms with Crippen LogP contribution in [-0.2, 0) is 4.79 Å². The number of methoxy groups -OCH3 is 2. The second kappa shape index (κ2) is 10.2. The first-order valence-electron chi connectivity index (χ1n) is 10.6. The molecule has 2 aromatic carbocycles. The molecule has 3 rings (SSSR count). The van der Waals surface area contributed by atoms with Gasteiger partial charge in [-0.2, -0.15) is 0 Å². The smallest absolute Gasteiger partial charge is 0.255 e. The van der Waals surface area contributed by atoms with Gasteiger partial charge >= 0.3 is 0 Å². The highest BCUT2D eigenvalue weighted by Gasteiger charge is 2.21. The molecule has 1 fully saturated rings. The highest BCUT2D eigenvalue weighted by Crippen LogP contribution is 2.28. The minimum Gasteiger partial charge on any atom is -0.493 e. The van der Waals surface area contributed by atoms with Crippen LogP contribution in [0.1, 0.15) is 30.6 Å². The Labute approximate surface area is 183 Å². The largest absolute Gasteiger partial charge is 0.493 e. The van der Waals surface area contributed by atoms with E-state index in [1.54, 1.807) is 25.3 Å². The maximum absolute atomic E-state index is 12.6. The quantitative estimate of drug-likeness (QED) is 0.733. The Morgan fingerprint density at radius 3 is 2.16 bits per heavy atom. The van der Waals surface area contributed by atoms with Crippen molar-refractivity contribution in [3.05, 3.63) is 48.0 Å². The second-order valence-electron chi connectivity index (χ2n) is 8.04. The Kier molecular flexibility index (Phi) is 7.39. The van der Waals surface area contributed by atoms with E-state index < -0.39 is 0 Å². The van der Waals surface area contributed by atoms with Crippen LogP contribution in [0.3, 0.4) is 0 Å². The molecule has 0 saturated carbocycles. The number of carbonyl (C=O) groups is 2. The number of hydrogen-bond acceptors (Lipinski definition) is 5. The summed E-state index contributed by atoms with van der Waals surface area (Å²) >= 11 is 0. The molecule has 1 aliphatic heterocycles. The number of benzene rings is 2. The molecule has 0 bridgehead atoms. The predicted octanol–water partition coefficient (Wildman–Crippen LogP) is 3.65. The Morgan fingerprint density at radius 2 is 1.58 bits per heavy atom. The minimum absolute atomic E-state index is 0.217. The van der Waals surface area contributed by atoms with Gasteiger partial charge in [0, 0.05) is 49.5 Å². The summed E-state index contributed by atoms with van der Waals surface area (Å²) in [7, 11) is 3.10. The topological polar surface area (TPSA) is 71.1 Å². The average Bonchev–Trinajstić information content (AvgIpc) is 2.78. The fourth-order valence-electron chi connectivity index (χ4n) is 3.63. The van der Waals surface area contributed by atoms with Crippen molar-refractivity contribution < 1.29 is 19.1 Å². The third-order valence-corrected chi connectivity index (χ3v) is 5.35. The number of carbonyl (C=O) groups excluding carboxylic acids is 2. The van der Waals surface area contributed by atoms with E-state index in [1.165, 1.54) is 7.11 Å². The molecular weight excluding hydrogens is 394 g/mol. The van der Waals surface area contributed by atoms with Crippen LogP contribution in [0.5, 0.6) is 11.5 Å². The molecule has 1 N–H and O–H groups in total. The first-order valence-corrected chi connectivity index (χ1v) is 10.6. The van der Waals surface area contributed by atoms with Gasteiger partial charge in [0.25, 0.3) is 5.91 Å². The van der Waals surface area contributed by atoms with E-state index >= 15 is 0 Å². The van der Waals surface area contributed by atoms with Gasteiger partial charge in [0.2, 0.25) is 5.91 Å². The lowest BCUT2D eigenvalue weighted by Gasteiger charge is -2.36. The maximum Gasteiger partial charge on any atom is 0.255 e. The van der Waals surface area contributed by atoms with Gasteiger partial charge in [-0.25, -0.2) is 0 Å². The number of amides is 2. The summed E-state index contributed by atoms with van der Waals surface area (Å²) in [6, 6.07) is 12.8. The van der Waals surface area contributed by atoms with E-state index in [2.05, 4.69) is 24.1 Å². The number of rotatable bonds is 7. The summed E-state index contributed by atoms with van der Waals surface area (Å²) in [5.41, 5.74) is 2.29. The zero-order valence-electron chi connectivity index (χ0n) is 18.7. The molecule has 31 heavy (non-hydrogen) atoms. The number of ether oxygens (including phenoxy) is 2. The molecule has 2 aromatic rings. The maximum atomic E-state index is 12.6. The third kappa shape index (κ3) is 5.69. The molecule has 0 aliphatic carbocycles. The van der Waals surface area contributed by atoms with Crippen molar-refractivity contribution in [3.8, 4) is 11.5 Å². The van der Waals surface area contributed by atoms with Crippen molar-refractivity contribution >= 4 is 23.2 Å². The highest BCUT2D eigenvalue weighted by molar-refractivity contribution is 6.04. The van der Waals surface area contributed by atoms with Gasteiger partial charge in [-0.05, 0) is 48.4 Å². The van der Waals surface area contributed by atoms with Crippen molar-refractivity contribution in [1.82, 2.24) is 4.90 Å². The number of piperazine rings is 1. The fourth-order valence-corrected chi connectivity index (χ4v) is 3.63. The monoisotopic (exact) mass is 425 g/mol. The van der Waals surface area contributed by atoms with Crippen molar-refractivity contribution in [2.45, 2.75) is 20.3 Å². The van der Waals surface area contributed by atoms with Gasteiger partial charge in [0.15, 0.2) is 11.5 Å². The normalized spacial score (nSPS) is 13.8. The molecule has 0 radical (unpaired) electrons. The van der Waals surface area contributed by atoms with Gasteiger partial charge in [0.1, 0.15) is 0 Å². The molecular formula is C24H31N3O4. The van der Waals surface area contributed by atoms with Crippen LogP contribution in [0.25, 0.3) is 0 Å². The van der Waals surface area contributed by atoms with Crippen LogP contribution in [0.15, 0.2) is 42.5 Å². The van der Waals surface area contributed by atoms with E-state index in [0.717, 1.165) is 31.9 Å². The van der Waals surface area contributed by atoms with E-state index in [0.29, 0.717) is 35.1 Å². The predicted molar refractivity (Wildman–Crippen MR) is 122 cm³/mol. The number of anilines is 2. The van der Waals surface area contributed by atoms with Crippen LogP contribution in [0.2, 0.25) is 0 Å². The van der Waals surface area contributed by atoms with Crippen molar-refractivity contribution in [3.63, 3.8) is 0 Å². The van der Waals surface area contributed by atoms with Crippen LogP contribution in [0.4, 0.5) is 11.4 Å². The van der Waals surface area contributed by atoms with Gasteiger partial charge in [-0.3, -0.25) is 9.59 Å². The fraction of sp³-hybridized carbons (Fsp3) is 0.417. The standard InChI is InChI=1S/C24H31N3O4/c1-17(2)15-23(28)27-13-11-26(12-14-27)20-8-6-19(7-9-20)25-24(29)18-5-10-21(30-3)22(16-18)31-4/h5-10,16-17H,11-15H2,1-4H3,(H,25,29). The summed E-state index contributed by atoms with van der Waals surface area (Å²) in [6.07, 6.45) is 0.606. The lowest BCUT2D eigenvalue weighted by molar-refractivity contribution is -0.132. The molecule has 0 aromatic heterocycles. The zero-order chi connectivity index (χ0) is 22.4. The van der Waals surface area contributed by atoms with Gasteiger partial charge in [-0.15, -0.1) is 0 Å². The van der Waals surface area contributed by atoms with Gasteiger partial charge in [-0.1, -0.05) is 13.8 Å². The van der Waals surface area contributed by atoms with Crippen LogP contribution >= 0.6 is 0 Å². The summed E-state index contributed by atoms with van der Waals surface area (Å²) in [5, 5.41) is 2.91. The number of hydrogen-bond donors (Lipinski definition) is 1. The van der Waals surface area contributed by atoms with E-state index in [-0.39, 0.29) is 11.8 Å². The molecule has 7 nitrogen and oxygen atoms in total. The SMILES string of the molecule is COc1ccc(C(=O)Nc2ccc(N3CCN(C(=O)CC(C)C)CC3)cc2)cc1OC. The molecule has 2 amide bonds. The molecule has 0 unspecified atom stereocenters. The Balaban J connectivity index is 1.57. The van der Waals surface area contributed by atoms with Crippen molar-refractivity contribution in [1.29, 1.82) is 0 Å². The lowest BCUT2D eigenvalue weighted by Crippen LogP contribution is -2.49. The molecule has 1 aliphatic rings. The van der Waals surface area contributed by atoms with E-state index in [4.69, 9.17) is 9.47 Å². The first-order chi connectivity index (χ1) is 14.9. The Hall–Kier alpha value is -3.22. The Morgan fingerprint density at radius 1 is 0.935 bits per heavy atom. The van der Waals surface area contributed by atoms with Gasteiger partial charge in [0.05, 0.1) is 14.2 Å². The average molecular weight is 426 g/mol. The Bertz CT molecular complexity index is 904. The third-order valence-electron chi connectivity index (χ3n) is 5.35. The molecule has 0 spiro atoms. The molecule has 1 heterocycles. The summed E-state index contributed by atoms with van der Waals surface area (Å²) in [6.45, 7) is 7.23. The van der Waals surface area contributed by atoms with E-state index in [9.17, 15) is 9.59 Å². The number of nitrogens with one attached hydrogen (secondary N) is 1. The highest BCUT2D eigenvalue weighted by atomic mass is 16.5. The lowest BCUT2D eigenvalue weighted by atomic mass is 10.1. The number of nitrogens with zero attached hydrogens (tertiary/aromatic N) is 2.